The maximum Gasteiger partial charge on any atom is 0.133 e. The average Bonchev–Trinajstić information content (AvgIpc) is 3.27. The van der Waals surface area contributed by atoms with Crippen molar-refractivity contribution in [2.45, 2.75) is 15.2 Å². The first-order chi connectivity index (χ1) is 27.8. The largest absolute Gasteiger partial charge is 0.310 e. The Balaban J connectivity index is 1.23. The lowest BCUT2D eigenvalue weighted by atomic mass is 9.64. The number of nitrogens with zero attached hydrogens (tertiary/aromatic N) is 1. The topological polar surface area (TPSA) is 3.24 Å². The fraction of sp³-hybridized carbons (Fsp3) is 0.0189. The van der Waals surface area contributed by atoms with Crippen molar-refractivity contribution in [3.63, 3.8) is 0 Å². The molecule has 0 radical (unpaired) electrons. The van der Waals surface area contributed by atoms with Crippen LogP contribution in [0.15, 0.2) is 228 Å². The van der Waals surface area contributed by atoms with Crippen LogP contribution >= 0.6 is 11.8 Å². The van der Waals surface area contributed by atoms with E-state index in [1.807, 2.05) is 11.8 Å². The van der Waals surface area contributed by atoms with Gasteiger partial charge >= 0.3 is 0 Å². The molecule has 1 nitrogen and oxygen atoms in total. The summed E-state index contributed by atoms with van der Waals surface area (Å²) in [7, 11) is -1.91. The second-order valence-electron chi connectivity index (χ2n) is 14.8. The molecule has 1 unspecified atom stereocenters. The Bertz CT molecular complexity index is 2850. The van der Waals surface area contributed by atoms with Crippen molar-refractivity contribution in [1.82, 2.24) is 0 Å². The molecule has 56 heavy (non-hydrogen) atoms. The van der Waals surface area contributed by atoms with E-state index in [1.54, 1.807) is 0 Å². The second kappa shape index (κ2) is 13.4. The van der Waals surface area contributed by atoms with Gasteiger partial charge in [0, 0.05) is 26.6 Å². The average molecular weight is 748 g/mol. The summed E-state index contributed by atoms with van der Waals surface area (Å²) in [5.74, 6) is 0. The summed E-state index contributed by atoms with van der Waals surface area (Å²) in [5.41, 5.74) is 10.9. The molecule has 0 bridgehead atoms. The van der Waals surface area contributed by atoms with Gasteiger partial charge in [0.05, 0.1) is 11.1 Å². The fourth-order valence-corrected chi connectivity index (χ4v) is 14.2. The molecule has 11 rings (SSSR count). The van der Waals surface area contributed by atoms with Gasteiger partial charge in [0.25, 0.3) is 0 Å². The normalized spacial score (nSPS) is 14.7. The van der Waals surface area contributed by atoms with Gasteiger partial charge in [0.1, 0.15) is 8.80 Å². The minimum atomic E-state index is -1.91. The minimum Gasteiger partial charge on any atom is -0.310 e. The maximum absolute atomic E-state index is 2.56. The molecule has 2 aliphatic rings. The van der Waals surface area contributed by atoms with Crippen molar-refractivity contribution < 1.29 is 0 Å². The summed E-state index contributed by atoms with van der Waals surface area (Å²) < 4.78 is 0. The Labute approximate surface area is 334 Å². The third kappa shape index (κ3) is 5.08. The SMILES string of the molecule is c1ccc(-c2ccc(N(c3ccc4c(c3)C3(c5ccccc5Sc5ccccc53)c3ccccc3[SiH]4c3ccccc3)c3cccc4ccccc34)cc2)cc1. The highest BCUT2D eigenvalue weighted by molar-refractivity contribution is 7.99. The fourth-order valence-electron chi connectivity index (χ4n) is 9.51. The van der Waals surface area contributed by atoms with Gasteiger partial charge in [-0.15, -0.1) is 0 Å². The maximum atomic E-state index is 2.56. The van der Waals surface area contributed by atoms with Gasteiger partial charge in [-0.3, -0.25) is 0 Å². The van der Waals surface area contributed by atoms with E-state index in [4.69, 9.17) is 0 Å². The van der Waals surface area contributed by atoms with Crippen LogP contribution in [0.1, 0.15) is 22.3 Å². The highest BCUT2D eigenvalue weighted by Gasteiger charge is 2.51. The number of fused-ring (bicyclic) bond motifs is 9. The molecule has 1 atom stereocenters. The molecular weight excluding hydrogens is 711 g/mol. The molecule has 3 heteroatoms. The van der Waals surface area contributed by atoms with E-state index in [0.29, 0.717) is 0 Å². The monoisotopic (exact) mass is 747 g/mol. The van der Waals surface area contributed by atoms with Gasteiger partial charge in [-0.25, -0.2) is 0 Å². The number of hydrogen-bond acceptors (Lipinski definition) is 2. The lowest BCUT2D eigenvalue weighted by Gasteiger charge is -2.48. The van der Waals surface area contributed by atoms with E-state index in [9.17, 15) is 0 Å². The van der Waals surface area contributed by atoms with Crippen molar-refractivity contribution in [3.8, 4) is 11.1 Å². The Morgan fingerprint density at radius 3 is 1.70 bits per heavy atom. The Morgan fingerprint density at radius 1 is 0.393 bits per heavy atom. The highest BCUT2D eigenvalue weighted by Crippen LogP contribution is 2.56. The van der Waals surface area contributed by atoms with E-state index in [1.165, 1.54) is 69.5 Å². The van der Waals surface area contributed by atoms with Crippen molar-refractivity contribution in [2.75, 3.05) is 4.90 Å². The van der Waals surface area contributed by atoms with E-state index < -0.39 is 14.2 Å². The van der Waals surface area contributed by atoms with Crippen LogP contribution in [-0.4, -0.2) is 8.80 Å². The predicted molar refractivity (Wildman–Crippen MR) is 239 cm³/mol. The molecule has 9 aromatic rings. The van der Waals surface area contributed by atoms with Crippen LogP contribution in [0.5, 0.6) is 0 Å². The molecule has 0 N–H and O–H groups in total. The molecule has 0 saturated heterocycles. The first kappa shape index (κ1) is 33.0. The number of anilines is 3. The van der Waals surface area contributed by atoms with E-state index in [-0.39, 0.29) is 0 Å². The van der Waals surface area contributed by atoms with Crippen LogP contribution in [0, 0.1) is 0 Å². The van der Waals surface area contributed by atoms with Gasteiger partial charge < -0.3 is 4.90 Å². The predicted octanol–water partition coefficient (Wildman–Crippen LogP) is 11.4. The van der Waals surface area contributed by atoms with Crippen LogP contribution in [0.25, 0.3) is 21.9 Å². The minimum absolute atomic E-state index is 0.500. The van der Waals surface area contributed by atoms with Gasteiger partial charge in [-0.05, 0) is 91.6 Å². The summed E-state index contributed by atoms with van der Waals surface area (Å²) >= 11 is 1.90. The number of benzene rings is 9. The van der Waals surface area contributed by atoms with Crippen LogP contribution in [0.2, 0.25) is 0 Å². The summed E-state index contributed by atoms with van der Waals surface area (Å²) in [6, 6.07) is 81.7. The van der Waals surface area contributed by atoms with E-state index >= 15 is 0 Å². The number of rotatable bonds is 5. The molecule has 264 valence electrons. The zero-order chi connectivity index (χ0) is 37.1. The third-order valence-corrected chi connectivity index (χ3v) is 16.3. The molecule has 2 heterocycles. The molecule has 0 aliphatic carbocycles. The zero-order valence-electron chi connectivity index (χ0n) is 30.7. The van der Waals surface area contributed by atoms with E-state index in [2.05, 4.69) is 223 Å². The molecule has 0 fully saturated rings. The lowest BCUT2D eigenvalue weighted by molar-refractivity contribution is 0.708. The van der Waals surface area contributed by atoms with Crippen molar-refractivity contribution in [3.05, 3.63) is 241 Å². The standard InChI is InChI=1S/C53H37NSSi/c1-3-16-37(17-4-1)38-30-32-40(33-31-38)54(48-26-15-19-39-18-7-8-22-43(39)48)41-34-35-52-47(36-41)53(44-23-9-12-27-49(44)55-50-28-13-10-24-45(50)53)46-25-11-14-29-51(46)56(52)42-20-5-2-6-21-42/h1-36,56H. The quantitative estimate of drug-likeness (QED) is 0.161. The Morgan fingerprint density at radius 2 is 0.946 bits per heavy atom. The Kier molecular flexibility index (Phi) is 7.90. The summed E-state index contributed by atoms with van der Waals surface area (Å²) in [5, 5.41) is 6.87. The summed E-state index contributed by atoms with van der Waals surface area (Å²) in [6.07, 6.45) is 0. The summed E-state index contributed by atoms with van der Waals surface area (Å²) in [6.45, 7) is 0. The third-order valence-electron chi connectivity index (χ3n) is 11.9. The van der Waals surface area contributed by atoms with Crippen LogP contribution in [-0.2, 0) is 5.41 Å². The van der Waals surface area contributed by atoms with Gasteiger partial charge in [-0.2, -0.15) is 0 Å². The molecule has 0 amide bonds. The van der Waals surface area contributed by atoms with E-state index in [0.717, 1.165) is 17.1 Å². The van der Waals surface area contributed by atoms with Crippen molar-refractivity contribution >= 4 is 64.0 Å². The van der Waals surface area contributed by atoms with Crippen LogP contribution in [0.3, 0.4) is 0 Å². The van der Waals surface area contributed by atoms with Crippen LogP contribution < -0.4 is 20.5 Å². The Hall–Kier alpha value is -6.39. The van der Waals surface area contributed by atoms with Gasteiger partial charge in [0.15, 0.2) is 0 Å². The molecule has 0 aromatic heterocycles. The van der Waals surface area contributed by atoms with Gasteiger partial charge in [0.2, 0.25) is 0 Å². The second-order valence-corrected chi connectivity index (χ2v) is 18.7. The van der Waals surface area contributed by atoms with Crippen LogP contribution in [0.4, 0.5) is 17.1 Å². The lowest BCUT2D eigenvalue weighted by Crippen LogP contribution is -2.62. The smallest absolute Gasteiger partial charge is 0.133 e. The molecule has 0 saturated carbocycles. The first-order valence-electron chi connectivity index (χ1n) is 19.4. The summed E-state index contributed by atoms with van der Waals surface area (Å²) in [4.78, 5) is 5.12. The zero-order valence-corrected chi connectivity index (χ0v) is 32.7. The molecule has 2 aliphatic heterocycles. The van der Waals surface area contributed by atoms with Gasteiger partial charge in [-0.1, -0.05) is 193 Å². The van der Waals surface area contributed by atoms with Crippen molar-refractivity contribution in [1.29, 1.82) is 0 Å². The highest BCUT2D eigenvalue weighted by atomic mass is 32.2. The molecule has 1 spiro atoms. The molecule has 9 aromatic carbocycles. The van der Waals surface area contributed by atoms with Crippen molar-refractivity contribution in [2.24, 2.45) is 0 Å². The number of hydrogen-bond donors (Lipinski definition) is 0. The first-order valence-corrected chi connectivity index (χ1v) is 21.9. The molecular formula is C53H37NSSi.